The fraction of sp³-hybridized carbons (Fsp3) is 0.444. The lowest BCUT2D eigenvalue weighted by atomic mass is 10.0. The Kier molecular flexibility index (Phi) is 4.32. The van der Waals surface area contributed by atoms with Gasteiger partial charge in [-0.1, -0.05) is 17.3 Å². The quantitative estimate of drug-likeness (QED) is 0.774. The predicted octanol–water partition coefficient (Wildman–Crippen LogP) is 1.62. The van der Waals surface area contributed by atoms with Crippen LogP contribution in [0, 0.1) is 0 Å². The molecule has 0 aliphatic carbocycles. The van der Waals surface area contributed by atoms with E-state index in [1.165, 1.54) is 17.8 Å². The van der Waals surface area contributed by atoms with Gasteiger partial charge in [-0.05, 0) is 18.9 Å². The molecule has 0 N–H and O–H groups in total. The molecular formula is C18H20N4O4. The van der Waals surface area contributed by atoms with Crippen LogP contribution in [0.4, 0.5) is 0 Å². The first-order valence-corrected chi connectivity index (χ1v) is 8.72. The third-order valence-corrected chi connectivity index (χ3v) is 4.73. The highest BCUT2D eigenvalue weighted by Gasteiger charge is 2.33. The fourth-order valence-electron chi connectivity index (χ4n) is 3.51. The minimum Gasteiger partial charge on any atom is -0.486 e. The molecule has 1 atom stereocenters. The number of hydrogen-bond donors (Lipinski definition) is 0. The molecule has 8 heteroatoms. The zero-order valence-electron chi connectivity index (χ0n) is 14.6. The smallest absolute Gasteiger partial charge is 0.244 e. The molecule has 1 amide bonds. The third kappa shape index (κ3) is 3.02. The molecule has 2 aliphatic rings. The Morgan fingerprint density at radius 2 is 2.12 bits per heavy atom. The second-order valence-electron chi connectivity index (χ2n) is 6.47. The van der Waals surface area contributed by atoms with E-state index in [4.69, 9.17) is 9.47 Å². The Hall–Kier alpha value is -2.90. The van der Waals surface area contributed by atoms with Crippen molar-refractivity contribution < 1.29 is 19.1 Å². The van der Waals surface area contributed by atoms with Gasteiger partial charge in [0.1, 0.15) is 25.5 Å². The number of likely N-dealkylation sites (tertiary alicyclic amines) is 1. The summed E-state index contributed by atoms with van der Waals surface area (Å²) in [5, 5.41) is 7.66. The maximum absolute atomic E-state index is 12.8. The largest absolute Gasteiger partial charge is 0.486 e. The summed E-state index contributed by atoms with van der Waals surface area (Å²) in [7, 11) is 0. The molecule has 1 unspecified atom stereocenters. The van der Waals surface area contributed by atoms with Crippen LogP contribution in [0.1, 0.15) is 41.9 Å². The van der Waals surface area contributed by atoms with Gasteiger partial charge in [0.25, 0.3) is 0 Å². The van der Waals surface area contributed by atoms with Crippen LogP contribution in [0.3, 0.4) is 0 Å². The molecule has 3 heterocycles. The number of rotatable bonds is 4. The normalized spacial score (nSPS) is 18.8. The van der Waals surface area contributed by atoms with Gasteiger partial charge in [-0.2, -0.15) is 0 Å². The van der Waals surface area contributed by atoms with E-state index in [-0.39, 0.29) is 30.0 Å². The van der Waals surface area contributed by atoms with Crippen LogP contribution in [0.5, 0.6) is 11.5 Å². The molecule has 0 spiro atoms. The number of carbonyl (C=O) groups is 2. The van der Waals surface area contributed by atoms with Gasteiger partial charge in [-0.15, -0.1) is 5.10 Å². The number of fused-ring (bicyclic) bond motifs is 1. The van der Waals surface area contributed by atoms with Gasteiger partial charge in [0.2, 0.25) is 5.91 Å². The van der Waals surface area contributed by atoms with Crippen LogP contribution in [0.15, 0.2) is 24.4 Å². The van der Waals surface area contributed by atoms with Crippen LogP contribution >= 0.6 is 0 Å². The number of hydrogen-bond acceptors (Lipinski definition) is 6. The van der Waals surface area contributed by atoms with Crippen molar-refractivity contribution in [3.8, 4) is 11.5 Å². The SMILES string of the molecule is CC(=O)c1cn(CC(=O)N2CCCC2c2cccc3c2OCCO3)nn1. The summed E-state index contributed by atoms with van der Waals surface area (Å²) in [6.07, 6.45) is 3.31. The molecule has 1 fully saturated rings. The van der Waals surface area contributed by atoms with Crippen LogP contribution < -0.4 is 9.47 Å². The number of benzene rings is 1. The number of carbonyl (C=O) groups excluding carboxylic acids is 2. The van der Waals surface area contributed by atoms with Gasteiger partial charge in [0.15, 0.2) is 17.3 Å². The molecule has 1 saturated heterocycles. The topological polar surface area (TPSA) is 86.6 Å². The van der Waals surface area contributed by atoms with E-state index in [0.717, 1.165) is 29.9 Å². The number of Topliss-reactive ketones (excluding diaryl/α,β-unsaturated/α-hetero) is 1. The monoisotopic (exact) mass is 356 g/mol. The number of para-hydroxylation sites is 1. The molecule has 0 bridgehead atoms. The zero-order chi connectivity index (χ0) is 18.1. The average Bonchev–Trinajstić information content (AvgIpc) is 3.30. The lowest BCUT2D eigenvalue weighted by Crippen LogP contribution is -2.34. The van der Waals surface area contributed by atoms with Crippen molar-refractivity contribution >= 4 is 11.7 Å². The summed E-state index contributed by atoms with van der Waals surface area (Å²) < 4.78 is 12.9. The Morgan fingerprint density at radius 1 is 1.27 bits per heavy atom. The van der Waals surface area contributed by atoms with Crippen LogP contribution in [0.25, 0.3) is 0 Å². The van der Waals surface area contributed by atoms with E-state index in [0.29, 0.717) is 19.8 Å². The number of aromatic nitrogens is 3. The minimum atomic E-state index is -0.171. The van der Waals surface area contributed by atoms with Crippen molar-refractivity contribution in [1.82, 2.24) is 19.9 Å². The van der Waals surface area contributed by atoms with E-state index in [2.05, 4.69) is 10.3 Å². The molecular weight excluding hydrogens is 336 g/mol. The molecule has 1 aromatic heterocycles. The highest BCUT2D eigenvalue weighted by atomic mass is 16.6. The van der Waals surface area contributed by atoms with Crippen LogP contribution in [-0.4, -0.2) is 51.3 Å². The summed E-state index contributed by atoms with van der Waals surface area (Å²) >= 11 is 0. The van der Waals surface area contributed by atoms with Crippen molar-refractivity contribution in [1.29, 1.82) is 0 Å². The second-order valence-corrected chi connectivity index (χ2v) is 6.47. The molecule has 8 nitrogen and oxygen atoms in total. The zero-order valence-corrected chi connectivity index (χ0v) is 14.6. The van der Waals surface area contributed by atoms with Gasteiger partial charge in [-0.3, -0.25) is 9.59 Å². The summed E-state index contributed by atoms with van der Waals surface area (Å²) in [5.74, 6) is 1.25. The van der Waals surface area contributed by atoms with Gasteiger partial charge in [0, 0.05) is 19.0 Å². The molecule has 4 rings (SSSR count). The molecule has 0 radical (unpaired) electrons. The lowest BCUT2D eigenvalue weighted by molar-refractivity contribution is -0.133. The molecule has 1 aromatic carbocycles. The van der Waals surface area contributed by atoms with Gasteiger partial charge in [-0.25, -0.2) is 4.68 Å². The van der Waals surface area contributed by atoms with Crippen molar-refractivity contribution in [2.24, 2.45) is 0 Å². The van der Waals surface area contributed by atoms with Gasteiger partial charge < -0.3 is 14.4 Å². The predicted molar refractivity (Wildman–Crippen MR) is 91.1 cm³/mol. The minimum absolute atomic E-state index is 0.0463. The highest BCUT2D eigenvalue weighted by Crippen LogP contribution is 2.42. The van der Waals surface area contributed by atoms with Crippen molar-refractivity contribution in [2.75, 3.05) is 19.8 Å². The number of amides is 1. The first-order chi connectivity index (χ1) is 12.6. The summed E-state index contributed by atoms with van der Waals surface area (Å²) in [4.78, 5) is 26.0. The fourth-order valence-corrected chi connectivity index (χ4v) is 3.51. The van der Waals surface area contributed by atoms with E-state index in [9.17, 15) is 9.59 Å². The highest BCUT2D eigenvalue weighted by molar-refractivity contribution is 5.91. The van der Waals surface area contributed by atoms with Crippen molar-refractivity contribution in [2.45, 2.75) is 32.4 Å². The Labute approximate surface area is 150 Å². The van der Waals surface area contributed by atoms with Gasteiger partial charge >= 0.3 is 0 Å². The standard InChI is InChI=1S/C18H20N4O4/c1-12(23)14-10-21(20-19-14)11-17(24)22-7-3-5-15(22)13-4-2-6-16-18(13)26-9-8-25-16/h2,4,6,10,15H,3,5,7-9,11H2,1H3. The second kappa shape index (κ2) is 6.78. The maximum Gasteiger partial charge on any atom is 0.244 e. The van der Waals surface area contributed by atoms with E-state index < -0.39 is 0 Å². The molecule has 136 valence electrons. The average molecular weight is 356 g/mol. The molecule has 0 saturated carbocycles. The molecule has 26 heavy (non-hydrogen) atoms. The molecule has 2 aliphatic heterocycles. The van der Waals surface area contributed by atoms with Gasteiger partial charge in [0.05, 0.1) is 12.2 Å². The number of ether oxygens (including phenoxy) is 2. The van der Waals surface area contributed by atoms with E-state index >= 15 is 0 Å². The van der Waals surface area contributed by atoms with Crippen molar-refractivity contribution in [3.05, 3.63) is 35.7 Å². The first-order valence-electron chi connectivity index (χ1n) is 8.72. The summed E-state index contributed by atoms with van der Waals surface area (Å²) in [5.41, 5.74) is 1.24. The summed E-state index contributed by atoms with van der Waals surface area (Å²) in [6.45, 7) is 3.21. The summed E-state index contributed by atoms with van der Waals surface area (Å²) in [6, 6.07) is 5.76. The number of nitrogens with zero attached hydrogens (tertiary/aromatic N) is 4. The first kappa shape index (κ1) is 16.6. The molecule has 2 aromatic rings. The van der Waals surface area contributed by atoms with Crippen LogP contribution in [-0.2, 0) is 11.3 Å². The third-order valence-electron chi connectivity index (χ3n) is 4.73. The Morgan fingerprint density at radius 3 is 2.92 bits per heavy atom. The van der Waals surface area contributed by atoms with Crippen LogP contribution in [0.2, 0.25) is 0 Å². The lowest BCUT2D eigenvalue weighted by Gasteiger charge is -2.29. The Bertz CT molecular complexity index is 847. The van der Waals surface area contributed by atoms with Crippen molar-refractivity contribution in [3.63, 3.8) is 0 Å². The van der Waals surface area contributed by atoms with E-state index in [1.54, 1.807) is 0 Å². The maximum atomic E-state index is 12.8. The Balaban J connectivity index is 1.55. The number of ketones is 1. The van der Waals surface area contributed by atoms with E-state index in [1.807, 2.05) is 23.1 Å².